The maximum Gasteiger partial charge on any atom is 0.191 e. The zero-order valence-electron chi connectivity index (χ0n) is 18.1. The first-order valence-corrected chi connectivity index (χ1v) is 10.9. The van der Waals surface area contributed by atoms with Crippen LogP contribution in [0.15, 0.2) is 23.2 Å². The second kappa shape index (κ2) is 11.9. The standard InChI is InChI=1S/C22H39N5O/c1-5-23-22(24-16-19(11-14-28)15-17(2)3)26-20-9-12-27(13-10-20)21-8-6-7-18(4)25-21/h6-8,17,19-20,28H,5,9-16H2,1-4H3,(H2,23,24,26). The zero-order chi connectivity index (χ0) is 20.4. The summed E-state index contributed by atoms with van der Waals surface area (Å²) in [7, 11) is 0. The number of nitrogens with zero attached hydrogens (tertiary/aromatic N) is 3. The van der Waals surface area contributed by atoms with E-state index in [2.05, 4.69) is 53.4 Å². The van der Waals surface area contributed by atoms with E-state index in [4.69, 9.17) is 4.99 Å². The van der Waals surface area contributed by atoms with E-state index >= 15 is 0 Å². The van der Waals surface area contributed by atoms with Crippen molar-refractivity contribution in [2.75, 3.05) is 37.7 Å². The molecule has 0 saturated carbocycles. The summed E-state index contributed by atoms with van der Waals surface area (Å²) in [6.45, 7) is 12.5. The van der Waals surface area contributed by atoms with Gasteiger partial charge in [-0.3, -0.25) is 4.99 Å². The van der Waals surface area contributed by atoms with Crippen molar-refractivity contribution >= 4 is 11.8 Å². The van der Waals surface area contributed by atoms with Gasteiger partial charge in [0.2, 0.25) is 0 Å². The van der Waals surface area contributed by atoms with Gasteiger partial charge in [0, 0.05) is 44.5 Å². The van der Waals surface area contributed by atoms with Gasteiger partial charge < -0.3 is 20.6 Å². The van der Waals surface area contributed by atoms with Gasteiger partial charge in [0.25, 0.3) is 0 Å². The molecular formula is C22H39N5O. The molecule has 1 aliphatic heterocycles. The molecule has 28 heavy (non-hydrogen) atoms. The molecule has 3 N–H and O–H groups in total. The first kappa shape index (κ1) is 22.5. The molecule has 2 rings (SSSR count). The Kier molecular flexibility index (Phi) is 9.55. The van der Waals surface area contributed by atoms with Crippen LogP contribution >= 0.6 is 0 Å². The van der Waals surface area contributed by atoms with Gasteiger partial charge in [-0.25, -0.2) is 4.98 Å². The van der Waals surface area contributed by atoms with Gasteiger partial charge in [-0.05, 0) is 63.5 Å². The highest BCUT2D eigenvalue weighted by atomic mass is 16.3. The number of nitrogens with one attached hydrogen (secondary N) is 2. The highest BCUT2D eigenvalue weighted by Crippen LogP contribution is 2.18. The van der Waals surface area contributed by atoms with Gasteiger partial charge in [0.1, 0.15) is 5.82 Å². The van der Waals surface area contributed by atoms with E-state index in [-0.39, 0.29) is 6.61 Å². The molecule has 1 saturated heterocycles. The molecule has 1 aliphatic rings. The van der Waals surface area contributed by atoms with Crippen LogP contribution in [0.3, 0.4) is 0 Å². The molecule has 1 fully saturated rings. The number of guanidine groups is 1. The summed E-state index contributed by atoms with van der Waals surface area (Å²) in [6.07, 6.45) is 4.08. The number of anilines is 1. The van der Waals surface area contributed by atoms with Crippen molar-refractivity contribution < 1.29 is 5.11 Å². The number of aromatic nitrogens is 1. The van der Waals surface area contributed by atoms with E-state index < -0.39 is 0 Å². The Morgan fingerprint density at radius 1 is 1.32 bits per heavy atom. The maximum absolute atomic E-state index is 9.33. The summed E-state index contributed by atoms with van der Waals surface area (Å²) in [5.41, 5.74) is 1.07. The van der Waals surface area contributed by atoms with Crippen LogP contribution in [0.4, 0.5) is 5.82 Å². The lowest BCUT2D eigenvalue weighted by molar-refractivity contribution is 0.245. The second-order valence-corrected chi connectivity index (χ2v) is 8.27. The van der Waals surface area contributed by atoms with Crippen molar-refractivity contribution in [3.63, 3.8) is 0 Å². The summed E-state index contributed by atoms with van der Waals surface area (Å²) in [6, 6.07) is 6.65. The Hall–Kier alpha value is -1.82. The zero-order valence-corrected chi connectivity index (χ0v) is 18.1. The maximum atomic E-state index is 9.33. The smallest absolute Gasteiger partial charge is 0.191 e. The first-order valence-electron chi connectivity index (χ1n) is 10.9. The molecule has 0 bridgehead atoms. The summed E-state index contributed by atoms with van der Waals surface area (Å²) >= 11 is 0. The quantitative estimate of drug-likeness (QED) is 0.447. The number of hydrogen-bond donors (Lipinski definition) is 3. The Labute approximate surface area is 170 Å². The predicted octanol–water partition coefficient (Wildman–Crippen LogP) is 2.96. The lowest BCUT2D eigenvalue weighted by atomic mass is 9.94. The molecule has 2 heterocycles. The largest absolute Gasteiger partial charge is 0.396 e. The van der Waals surface area contributed by atoms with E-state index in [0.29, 0.717) is 17.9 Å². The van der Waals surface area contributed by atoms with Gasteiger partial charge in [-0.15, -0.1) is 0 Å². The van der Waals surface area contributed by atoms with E-state index in [1.165, 1.54) is 0 Å². The number of aryl methyl sites for hydroxylation is 1. The number of aliphatic hydroxyl groups excluding tert-OH is 1. The monoisotopic (exact) mass is 389 g/mol. The van der Waals surface area contributed by atoms with Crippen molar-refractivity contribution in [2.24, 2.45) is 16.8 Å². The van der Waals surface area contributed by atoms with Gasteiger partial charge in [-0.1, -0.05) is 19.9 Å². The van der Waals surface area contributed by atoms with Crippen LogP contribution in [0, 0.1) is 18.8 Å². The van der Waals surface area contributed by atoms with Crippen molar-refractivity contribution in [1.29, 1.82) is 0 Å². The van der Waals surface area contributed by atoms with Crippen molar-refractivity contribution in [3.05, 3.63) is 23.9 Å². The minimum atomic E-state index is 0.238. The number of rotatable bonds is 9. The molecule has 1 unspecified atom stereocenters. The SMILES string of the molecule is CCNC(=NCC(CCO)CC(C)C)NC1CCN(c2cccc(C)n2)CC1. The third kappa shape index (κ3) is 7.66. The molecule has 0 radical (unpaired) electrons. The normalized spacial score (nSPS) is 17.1. The molecule has 0 aliphatic carbocycles. The van der Waals surface area contributed by atoms with Gasteiger partial charge in [0.15, 0.2) is 5.96 Å². The van der Waals surface area contributed by atoms with Crippen molar-refractivity contribution in [1.82, 2.24) is 15.6 Å². The second-order valence-electron chi connectivity index (χ2n) is 8.27. The van der Waals surface area contributed by atoms with Crippen LogP contribution < -0.4 is 15.5 Å². The van der Waals surface area contributed by atoms with Crippen LogP contribution in [0.5, 0.6) is 0 Å². The number of pyridine rings is 1. The lowest BCUT2D eigenvalue weighted by Crippen LogP contribution is -2.49. The average molecular weight is 390 g/mol. The van der Waals surface area contributed by atoms with Crippen molar-refractivity contribution in [3.8, 4) is 0 Å². The highest BCUT2D eigenvalue weighted by Gasteiger charge is 2.21. The molecule has 6 heteroatoms. The molecule has 1 atom stereocenters. The molecule has 6 nitrogen and oxygen atoms in total. The average Bonchev–Trinajstić information content (AvgIpc) is 2.66. The lowest BCUT2D eigenvalue weighted by Gasteiger charge is -2.34. The number of aliphatic imine (C=N–C) groups is 1. The van der Waals surface area contributed by atoms with Crippen molar-refractivity contribution in [2.45, 2.75) is 59.4 Å². The summed E-state index contributed by atoms with van der Waals surface area (Å²) in [5, 5.41) is 16.3. The van der Waals surface area contributed by atoms with Gasteiger partial charge >= 0.3 is 0 Å². The van der Waals surface area contributed by atoms with Gasteiger partial charge in [-0.2, -0.15) is 0 Å². The Morgan fingerprint density at radius 3 is 2.68 bits per heavy atom. The van der Waals surface area contributed by atoms with Crippen LogP contribution in [0.1, 0.15) is 52.1 Å². The van der Waals surface area contributed by atoms with Gasteiger partial charge in [0.05, 0.1) is 0 Å². The molecule has 0 aromatic carbocycles. The van der Waals surface area contributed by atoms with Crippen LogP contribution in [-0.2, 0) is 0 Å². The molecule has 1 aromatic rings. The highest BCUT2D eigenvalue weighted by molar-refractivity contribution is 5.80. The van der Waals surface area contributed by atoms with E-state index in [9.17, 15) is 5.11 Å². The summed E-state index contributed by atoms with van der Waals surface area (Å²) in [4.78, 5) is 11.8. The molecule has 0 amide bonds. The van der Waals surface area contributed by atoms with E-state index in [1.54, 1.807) is 0 Å². The summed E-state index contributed by atoms with van der Waals surface area (Å²) in [5.74, 6) is 3.05. The Bertz CT molecular complexity index is 596. The van der Waals surface area contributed by atoms with Crippen LogP contribution in [0.2, 0.25) is 0 Å². The molecular weight excluding hydrogens is 350 g/mol. The van der Waals surface area contributed by atoms with E-state index in [1.807, 2.05) is 13.0 Å². The fourth-order valence-electron chi connectivity index (χ4n) is 3.82. The third-order valence-corrected chi connectivity index (χ3v) is 5.23. The van der Waals surface area contributed by atoms with E-state index in [0.717, 1.165) is 69.3 Å². The topological polar surface area (TPSA) is 72.8 Å². The molecule has 158 valence electrons. The summed E-state index contributed by atoms with van der Waals surface area (Å²) < 4.78 is 0. The fraction of sp³-hybridized carbons (Fsp3) is 0.727. The number of hydrogen-bond acceptors (Lipinski definition) is 4. The molecule has 0 spiro atoms. The Morgan fingerprint density at radius 2 is 2.07 bits per heavy atom. The van der Waals surface area contributed by atoms with Crippen LogP contribution in [0.25, 0.3) is 0 Å². The fourth-order valence-corrected chi connectivity index (χ4v) is 3.82. The Balaban J connectivity index is 1.88. The number of piperidine rings is 1. The van der Waals surface area contributed by atoms with Crippen LogP contribution in [-0.4, -0.2) is 54.9 Å². The molecule has 1 aromatic heterocycles. The predicted molar refractivity (Wildman–Crippen MR) is 118 cm³/mol. The third-order valence-electron chi connectivity index (χ3n) is 5.23. The minimum Gasteiger partial charge on any atom is -0.396 e. The minimum absolute atomic E-state index is 0.238. The first-order chi connectivity index (χ1) is 13.5. The number of aliphatic hydroxyl groups is 1.